The van der Waals surface area contributed by atoms with Gasteiger partial charge in [0.05, 0.1) is 18.6 Å². The number of hydrogen-bond acceptors (Lipinski definition) is 6. The Labute approximate surface area is 196 Å². The van der Waals surface area contributed by atoms with Gasteiger partial charge in [0.2, 0.25) is 0 Å². The molecule has 0 fully saturated rings. The molecular formula is C23H40N8O2. The first-order chi connectivity index (χ1) is 15.9. The normalized spacial score (nSPS) is 17.0. The van der Waals surface area contributed by atoms with Crippen LogP contribution in [0.15, 0.2) is 35.3 Å². The van der Waals surface area contributed by atoms with Crippen molar-refractivity contribution in [2.24, 2.45) is 22.4 Å². The summed E-state index contributed by atoms with van der Waals surface area (Å²) in [5, 5.41) is 15.3. The van der Waals surface area contributed by atoms with Gasteiger partial charge in [0.1, 0.15) is 0 Å². The summed E-state index contributed by atoms with van der Waals surface area (Å²) in [4.78, 5) is 28.4. The zero-order valence-corrected chi connectivity index (χ0v) is 19.8. The van der Waals surface area contributed by atoms with Crippen molar-refractivity contribution in [1.29, 1.82) is 0 Å². The molecule has 2 rings (SSSR count). The van der Waals surface area contributed by atoms with Gasteiger partial charge in [0, 0.05) is 19.1 Å². The van der Waals surface area contributed by atoms with Crippen molar-refractivity contribution in [1.82, 2.24) is 26.6 Å². The van der Waals surface area contributed by atoms with Gasteiger partial charge in [-0.2, -0.15) is 0 Å². The second-order valence-corrected chi connectivity index (χ2v) is 8.80. The van der Waals surface area contributed by atoms with Crippen LogP contribution in [-0.4, -0.2) is 62.3 Å². The highest BCUT2D eigenvalue weighted by molar-refractivity contribution is 5.82. The van der Waals surface area contributed by atoms with Crippen LogP contribution in [-0.2, 0) is 6.42 Å². The summed E-state index contributed by atoms with van der Waals surface area (Å²) in [5.74, 6) is 1.27. The van der Waals surface area contributed by atoms with Gasteiger partial charge in [-0.15, -0.1) is 0 Å². The van der Waals surface area contributed by atoms with E-state index in [-0.39, 0.29) is 24.7 Å². The predicted molar refractivity (Wildman–Crippen MR) is 132 cm³/mol. The number of nitrogens with one attached hydrogen (secondary N) is 5. The third-order valence-corrected chi connectivity index (χ3v) is 5.61. The Bertz CT molecular complexity index is 756. The van der Waals surface area contributed by atoms with Gasteiger partial charge in [0.15, 0.2) is 5.96 Å². The molecule has 10 heteroatoms. The van der Waals surface area contributed by atoms with Gasteiger partial charge in [-0.3, -0.25) is 4.99 Å². The molecular weight excluding hydrogens is 420 g/mol. The lowest BCUT2D eigenvalue weighted by Crippen LogP contribution is -2.53. The molecule has 0 saturated carbocycles. The molecule has 1 heterocycles. The first-order valence-electron chi connectivity index (χ1n) is 11.8. The van der Waals surface area contributed by atoms with Crippen molar-refractivity contribution < 1.29 is 9.59 Å². The van der Waals surface area contributed by atoms with E-state index in [9.17, 15) is 9.59 Å². The van der Waals surface area contributed by atoms with Gasteiger partial charge >= 0.3 is 12.1 Å². The standard InChI is InChI=1S/C23H40N8O2/c1-16(2)20-15-27-22(31-20)29-18(10-6-7-11-24)13-28-23(33)30-19(14-26-21(25)32)12-17-8-4-3-5-9-17/h3-5,8-9,16,18-20H,6-7,10-15,24H2,1-2H3,(H3,25,26,32)(H2,27,29,31)(H2,28,30,33)/t18-,19-,20+/m0/s1. The van der Waals surface area contributed by atoms with Gasteiger partial charge in [-0.25, -0.2) is 9.59 Å². The lowest BCUT2D eigenvalue weighted by Gasteiger charge is -2.24. The van der Waals surface area contributed by atoms with Crippen LogP contribution < -0.4 is 38.1 Å². The average Bonchev–Trinajstić information content (AvgIpc) is 3.25. The summed E-state index contributed by atoms with van der Waals surface area (Å²) >= 11 is 0. The minimum atomic E-state index is -0.621. The number of carbonyl (C=O) groups excluding carboxylic acids is 2. The predicted octanol–water partition coefficient (Wildman–Crippen LogP) is 0.636. The van der Waals surface area contributed by atoms with E-state index in [4.69, 9.17) is 11.5 Å². The number of nitrogens with zero attached hydrogens (tertiary/aromatic N) is 1. The second kappa shape index (κ2) is 14.2. The molecule has 1 aromatic carbocycles. The fourth-order valence-corrected chi connectivity index (χ4v) is 3.62. The molecule has 9 N–H and O–H groups in total. The number of rotatable bonds is 13. The van der Waals surface area contributed by atoms with E-state index in [0.29, 0.717) is 31.5 Å². The maximum atomic E-state index is 12.6. The maximum absolute atomic E-state index is 12.6. The van der Waals surface area contributed by atoms with Crippen molar-refractivity contribution in [3.63, 3.8) is 0 Å². The maximum Gasteiger partial charge on any atom is 0.315 e. The average molecular weight is 461 g/mol. The zero-order valence-electron chi connectivity index (χ0n) is 19.8. The molecule has 4 amide bonds. The number of guanidine groups is 1. The zero-order chi connectivity index (χ0) is 24.1. The number of amides is 4. The van der Waals surface area contributed by atoms with Crippen LogP contribution in [0.25, 0.3) is 0 Å². The lowest BCUT2D eigenvalue weighted by molar-refractivity contribution is 0.233. The van der Waals surface area contributed by atoms with E-state index >= 15 is 0 Å². The fourth-order valence-electron chi connectivity index (χ4n) is 3.62. The van der Waals surface area contributed by atoms with E-state index in [1.807, 2.05) is 30.3 Å². The minimum absolute atomic E-state index is 0.0239. The molecule has 10 nitrogen and oxygen atoms in total. The van der Waals surface area contributed by atoms with Crippen LogP contribution in [0.1, 0.15) is 38.7 Å². The number of hydrogen-bond donors (Lipinski definition) is 7. The van der Waals surface area contributed by atoms with Crippen LogP contribution in [0.4, 0.5) is 9.59 Å². The highest BCUT2D eigenvalue weighted by Crippen LogP contribution is 2.08. The Hall–Kier alpha value is -3.01. The minimum Gasteiger partial charge on any atom is -0.352 e. The molecule has 0 aromatic heterocycles. The van der Waals surface area contributed by atoms with Crippen molar-refractivity contribution in [2.75, 3.05) is 26.2 Å². The first-order valence-corrected chi connectivity index (χ1v) is 11.8. The summed E-state index contributed by atoms with van der Waals surface area (Å²) in [7, 11) is 0. The van der Waals surface area contributed by atoms with E-state index in [0.717, 1.165) is 37.3 Å². The van der Waals surface area contributed by atoms with Gasteiger partial charge in [0.25, 0.3) is 0 Å². The van der Waals surface area contributed by atoms with Gasteiger partial charge < -0.3 is 38.1 Å². The SMILES string of the molecule is CC(C)[C@H]1CN=C(N[C@@H](CCCCN)CNC(=O)N[C@H](CNC(N)=O)Cc2ccccc2)N1. The van der Waals surface area contributed by atoms with Crippen LogP contribution in [0.2, 0.25) is 0 Å². The smallest absolute Gasteiger partial charge is 0.315 e. The Kier molecular flexibility index (Phi) is 11.3. The fraction of sp³-hybridized carbons (Fsp3) is 0.609. The Morgan fingerprint density at radius 3 is 2.48 bits per heavy atom. The summed E-state index contributed by atoms with van der Waals surface area (Å²) in [6.07, 6.45) is 3.32. The molecule has 0 saturated heterocycles. The number of benzene rings is 1. The molecule has 33 heavy (non-hydrogen) atoms. The van der Waals surface area contributed by atoms with Gasteiger partial charge in [-0.05, 0) is 37.3 Å². The third kappa shape index (κ3) is 10.4. The first kappa shape index (κ1) is 26.2. The van der Waals surface area contributed by atoms with E-state index < -0.39 is 6.03 Å². The highest BCUT2D eigenvalue weighted by atomic mass is 16.2. The van der Waals surface area contributed by atoms with Crippen LogP contribution in [0.5, 0.6) is 0 Å². The summed E-state index contributed by atoms with van der Waals surface area (Å²) in [6.45, 7) is 6.40. The number of nitrogens with two attached hydrogens (primary N) is 2. The molecule has 3 atom stereocenters. The molecule has 1 aliphatic heterocycles. The molecule has 0 aliphatic carbocycles. The summed E-state index contributed by atoms with van der Waals surface area (Å²) in [5.41, 5.74) is 11.9. The van der Waals surface area contributed by atoms with E-state index in [2.05, 4.69) is 45.4 Å². The Morgan fingerprint density at radius 1 is 1.12 bits per heavy atom. The van der Waals surface area contributed by atoms with Crippen molar-refractivity contribution in [2.45, 2.75) is 57.7 Å². The quantitative estimate of drug-likeness (QED) is 0.215. The molecule has 0 unspecified atom stereocenters. The number of aliphatic imine (C=N–C) groups is 1. The van der Waals surface area contributed by atoms with E-state index in [1.54, 1.807) is 0 Å². The second-order valence-electron chi connectivity index (χ2n) is 8.80. The van der Waals surface area contributed by atoms with Crippen molar-refractivity contribution >= 4 is 18.0 Å². The lowest BCUT2D eigenvalue weighted by atomic mass is 10.1. The Balaban J connectivity index is 1.88. The van der Waals surface area contributed by atoms with Crippen molar-refractivity contribution in [3.8, 4) is 0 Å². The van der Waals surface area contributed by atoms with Crippen LogP contribution >= 0.6 is 0 Å². The number of primary amides is 1. The number of urea groups is 2. The molecule has 0 spiro atoms. The van der Waals surface area contributed by atoms with Crippen LogP contribution in [0, 0.1) is 5.92 Å². The molecule has 1 aliphatic rings. The number of unbranched alkanes of at least 4 members (excludes halogenated alkanes) is 1. The van der Waals surface area contributed by atoms with Crippen LogP contribution in [0.3, 0.4) is 0 Å². The molecule has 0 radical (unpaired) electrons. The number of carbonyl (C=O) groups is 2. The summed E-state index contributed by atoms with van der Waals surface area (Å²) < 4.78 is 0. The van der Waals surface area contributed by atoms with Crippen molar-refractivity contribution in [3.05, 3.63) is 35.9 Å². The topological polar surface area (TPSA) is 159 Å². The largest absolute Gasteiger partial charge is 0.352 e. The van der Waals surface area contributed by atoms with E-state index in [1.165, 1.54) is 0 Å². The Morgan fingerprint density at radius 2 is 1.85 bits per heavy atom. The molecule has 184 valence electrons. The third-order valence-electron chi connectivity index (χ3n) is 5.61. The molecule has 1 aromatic rings. The monoisotopic (exact) mass is 460 g/mol. The summed E-state index contributed by atoms with van der Waals surface area (Å²) in [6, 6.07) is 8.91. The van der Waals surface area contributed by atoms with Gasteiger partial charge in [-0.1, -0.05) is 50.6 Å². The highest BCUT2D eigenvalue weighted by Gasteiger charge is 2.22. The molecule has 0 bridgehead atoms.